The molecule has 0 saturated carbocycles. The summed E-state index contributed by atoms with van der Waals surface area (Å²) in [5, 5.41) is 7.95. The molecule has 108 valence electrons. The molecule has 1 aromatic carbocycles. The van der Waals surface area contributed by atoms with Crippen LogP contribution in [0.1, 0.15) is 5.56 Å². The van der Waals surface area contributed by atoms with Crippen LogP contribution in [0, 0.1) is 6.92 Å². The number of nitrogens with one attached hydrogen (secondary N) is 2. The second kappa shape index (κ2) is 5.28. The van der Waals surface area contributed by atoms with E-state index in [0.717, 1.165) is 17.8 Å². The molecule has 0 amide bonds. The second-order valence-electron chi connectivity index (χ2n) is 4.90. The van der Waals surface area contributed by atoms with Gasteiger partial charge in [-0.05, 0) is 24.6 Å². The van der Waals surface area contributed by atoms with Crippen LogP contribution in [-0.2, 0) is 6.54 Å². The molecule has 0 aliphatic heterocycles. The second-order valence-corrected chi connectivity index (χ2v) is 4.90. The number of benzene rings is 1. The highest BCUT2D eigenvalue weighted by atomic mass is 16.1. The van der Waals surface area contributed by atoms with Crippen LogP contribution >= 0.6 is 0 Å². The largest absolute Gasteiger partial charge is 0.397 e. The fourth-order valence-electron chi connectivity index (χ4n) is 2.18. The van der Waals surface area contributed by atoms with Crippen molar-refractivity contribution >= 4 is 22.3 Å². The molecule has 0 radical (unpaired) electrons. The zero-order chi connectivity index (χ0) is 14.8. The van der Waals surface area contributed by atoms with Crippen LogP contribution in [-0.4, -0.2) is 26.3 Å². The molecule has 0 spiro atoms. The Morgan fingerprint density at radius 1 is 1.43 bits per heavy atom. The fourth-order valence-corrected chi connectivity index (χ4v) is 2.18. The Labute approximate surface area is 120 Å². The van der Waals surface area contributed by atoms with Gasteiger partial charge in [0.15, 0.2) is 0 Å². The van der Waals surface area contributed by atoms with E-state index in [0.29, 0.717) is 23.1 Å². The summed E-state index contributed by atoms with van der Waals surface area (Å²) in [7, 11) is 0. The lowest BCUT2D eigenvalue weighted by atomic mass is 10.2. The Morgan fingerprint density at radius 2 is 2.29 bits per heavy atom. The van der Waals surface area contributed by atoms with Crippen molar-refractivity contribution in [1.29, 1.82) is 0 Å². The molecule has 21 heavy (non-hydrogen) atoms. The first-order chi connectivity index (χ1) is 10.1. The van der Waals surface area contributed by atoms with E-state index in [1.54, 1.807) is 12.1 Å². The summed E-state index contributed by atoms with van der Waals surface area (Å²) in [4.78, 5) is 18.3. The molecule has 0 aliphatic carbocycles. The highest BCUT2D eigenvalue weighted by Gasteiger charge is 2.05. The lowest BCUT2D eigenvalue weighted by molar-refractivity contribution is 0.637. The van der Waals surface area contributed by atoms with Crippen molar-refractivity contribution in [2.24, 2.45) is 0 Å². The maximum absolute atomic E-state index is 11.7. The average molecular weight is 284 g/mol. The third kappa shape index (κ3) is 2.71. The Hall–Kier alpha value is -2.83. The Kier molecular flexibility index (Phi) is 3.31. The standard InChI is InChI=1S/C14H16N6O/c1-9-6-19-20(7-9)3-2-16-13-5-12-10(4-11(13)15)14(21)18-8-17-12/h4-8,16H,2-3,15H2,1H3,(H,17,18,21). The Balaban J connectivity index is 1.77. The number of aryl methyl sites for hydroxylation is 1. The SMILES string of the molecule is Cc1cnn(CCNc2cc3nc[nH]c(=O)c3cc2N)c1. The van der Waals surface area contributed by atoms with Gasteiger partial charge in [-0.15, -0.1) is 0 Å². The minimum absolute atomic E-state index is 0.190. The van der Waals surface area contributed by atoms with Crippen LogP contribution in [0.15, 0.2) is 35.6 Å². The third-order valence-electron chi connectivity index (χ3n) is 3.23. The molecule has 0 fully saturated rings. The number of hydrogen-bond acceptors (Lipinski definition) is 5. The number of anilines is 2. The van der Waals surface area contributed by atoms with E-state index in [9.17, 15) is 4.79 Å². The minimum Gasteiger partial charge on any atom is -0.397 e. The van der Waals surface area contributed by atoms with Gasteiger partial charge in [-0.2, -0.15) is 5.10 Å². The van der Waals surface area contributed by atoms with Crippen LogP contribution in [0.2, 0.25) is 0 Å². The predicted molar refractivity (Wildman–Crippen MR) is 82.2 cm³/mol. The number of H-pyrrole nitrogens is 1. The minimum atomic E-state index is -0.190. The molecule has 7 heteroatoms. The predicted octanol–water partition coefficient (Wildman–Crippen LogP) is 1.12. The summed E-state index contributed by atoms with van der Waals surface area (Å²) in [5.41, 5.74) is 8.82. The summed E-state index contributed by atoms with van der Waals surface area (Å²) < 4.78 is 1.86. The van der Waals surface area contributed by atoms with Gasteiger partial charge < -0.3 is 16.0 Å². The molecule has 3 rings (SSSR count). The summed E-state index contributed by atoms with van der Waals surface area (Å²) >= 11 is 0. The number of fused-ring (bicyclic) bond motifs is 1. The molecule has 0 bridgehead atoms. The van der Waals surface area contributed by atoms with Gasteiger partial charge in [0, 0.05) is 12.7 Å². The van der Waals surface area contributed by atoms with Crippen molar-refractivity contribution in [2.75, 3.05) is 17.6 Å². The molecular formula is C14H16N6O. The molecule has 3 aromatic rings. The van der Waals surface area contributed by atoms with Crippen LogP contribution in [0.4, 0.5) is 11.4 Å². The first-order valence-corrected chi connectivity index (χ1v) is 6.63. The summed E-state index contributed by atoms with van der Waals surface area (Å²) in [6.45, 7) is 3.41. The van der Waals surface area contributed by atoms with Crippen molar-refractivity contribution in [1.82, 2.24) is 19.7 Å². The molecule has 7 nitrogen and oxygen atoms in total. The molecule has 0 unspecified atom stereocenters. The smallest absolute Gasteiger partial charge is 0.258 e. The Morgan fingerprint density at radius 3 is 3.05 bits per heavy atom. The first-order valence-electron chi connectivity index (χ1n) is 6.63. The topological polar surface area (TPSA) is 102 Å². The molecule has 0 aliphatic rings. The molecule has 2 aromatic heterocycles. The van der Waals surface area contributed by atoms with E-state index >= 15 is 0 Å². The molecule has 0 saturated heterocycles. The van der Waals surface area contributed by atoms with Crippen molar-refractivity contribution in [3.05, 3.63) is 46.8 Å². The van der Waals surface area contributed by atoms with Gasteiger partial charge >= 0.3 is 0 Å². The molecular weight excluding hydrogens is 268 g/mol. The van der Waals surface area contributed by atoms with Gasteiger partial charge in [0.1, 0.15) is 0 Å². The van der Waals surface area contributed by atoms with E-state index in [2.05, 4.69) is 20.4 Å². The van der Waals surface area contributed by atoms with Gasteiger partial charge in [-0.1, -0.05) is 0 Å². The van der Waals surface area contributed by atoms with Gasteiger partial charge in [0.2, 0.25) is 0 Å². The zero-order valence-electron chi connectivity index (χ0n) is 11.6. The monoisotopic (exact) mass is 284 g/mol. The van der Waals surface area contributed by atoms with Gasteiger partial charge in [0.25, 0.3) is 5.56 Å². The van der Waals surface area contributed by atoms with E-state index in [1.165, 1.54) is 6.33 Å². The molecule has 2 heterocycles. The Bertz CT molecular complexity index is 835. The van der Waals surface area contributed by atoms with Crippen molar-refractivity contribution in [3.63, 3.8) is 0 Å². The van der Waals surface area contributed by atoms with Crippen LogP contribution in [0.3, 0.4) is 0 Å². The number of nitrogen functional groups attached to an aromatic ring is 1. The van der Waals surface area contributed by atoms with Gasteiger partial charge in [-0.25, -0.2) is 4.98 Å². The highest BCUT2D eigenvalue weighted by molar-refractivity contribution is 5.88. The zero-order valence-corrected chi connectivity index (χ0v) is 11.6. The molecule has 0 atom stereocenters. The van der Waals surface area contributed by atoms with Crippen LogP contribution in [0.25, 0.3) is 10.9 Å². The lowest BCUT2D eigenvalue weighted by Gasteiger charge is -2.10. The van der Waals surface area contributed by atoms with Crippen molar-refractivity contribution in [2.45, 2.75) is 13.5 Å². The van der Waals surface area contributed by atoms with E-state index < -0.39 is 0 Å². The maximum Gasteiger partial charge on any atom is 0.258 e. The summed E-state index contributed by atoms with van der Waals surface area (Å²) in [5.74, 6) is 0. The third-order valence-corrected chi connectivity index (χ3v) is 3.23. The van der Waals surface area contributed by atoms with Crippen molar-refractivity contribution < 1.29 is 0 Å². The van der Waals surface area contributed by atoms with Crippen LogP contribution < -0.4 is 16.6 Å². The number of rotatable bonds is 4. The number of aromatic amines is 1. The summed E-state index contributed by atoms with van der Waals surface area (Å²) in [6, 6.07) is 3.43. The number of aromatic nitrogens is 4. The van der Waals surface area contributed by atoms with Gasteiger partial charge in [0.05, 0.1) is 41.3 Å². The van der Waals surface area contributed by atoms with E-state index in [1.807, 2.05) is 24.0 Å². The van der Waals surface area contributed by atoms with Crippen LogP contribution in [0.5, 0.6) is 0 Å². The highest BCUT2D eigenvalue weighted by Crippen LogP contribution is 2.22. The van der Waals surface area contributed by atoms with E-state index in [-0.39, 0.29) is 5.56 Å². The summed E-state index contributed by atoms with van der Waals surface area (Å²) in [6.07, 6.45) is 5.18. The van der Waals surface area contributed by atoms with E-state index in [4.69, 9.17) is 5.73 Å². The quantitative estimate of drug-likeness (QED) is 0.623. The number of nitrogens with zero attached hydrogens (tertiary/aromatic N) is 3. The first kappa shape index (κ1) is 13.2. The number of hydrogen-bond donors (Lipinski definition) is 3. The van der Waals surface area contributed by atoms with Gasteiger partial charge in [-0.3, -0.25) is 9.48 Å². The average Bonchev–Trinajstić information content (AvgIpc) is 2.86. The number of nitrogens with two attached hydrogens (primary N) is 1. The maximum atomic E-state index is 11.7. The fraction of sp³-hybridized carbons (Fsp3) is 0.214. The van der Waals surface area contributed by atoms with Crippen molar-refractivity contribution in [3.8, 4) is 0 Å². The normalized spacial score (nSPS) is 10.9. The lowest BCUT2D eigenvalue weighted by Crippen LogP contribution is -2.13. The molecule has 4 N–H and O–H groups in total.